The molecule has 0 heterocycles. The van der Waals surface area contributed by atoms with Crippen LogP contribution in [0.1, 0.15) is 35.7 Å². The number of aliphatic hydroxyl groups is 1. The highest BCUT2D eigenvalue weighted by Gasteiger charge is 2.06. The topological polar surface area (TPSA) is 75.6 Å². The molecule has 2 N–H and O–H groups in total. The van der Waals surface area contributed by atoms with Crippen molar-refractivity contribution < 1.29 is 19.4 Å². The van der Waals surface area contributed by atoms with E-state index < -0.39 is 6.10 Å². The maximum Gasteiger partial charge on any atom is 0.337 e. The normalized spacial score (nSPS) is 11.7. The van der Waals surface area contributed by atoms with E-state index in [-0.39, 0.29) is 11.9 Å². The number of carbonyl (C=O) groups excluding carboxylic acids is 2. The number of hydrogen-bond acceptors (Lipinski definition) is 4. The molecule has 1 amide bonds. The van der Waals surface area contributed by atoms with Gasteiger partial charge < -0.3 is 15.2 Å². The Morgan fingerprint density at radius 1 is 1.32 bits per heavy atom. The first-order valence-corrected chi connectivity index (χ1v) is 6.15. The monoisotopic (exact) mass is 265 g/mol. The number of hydrogen-bond donors (Lipinski definition) is 2. The van der Waals surface area contributed by atoms with Crippen LogP contribution < -0.4 is 5.32 Å². The molecule has 1 atom stereocenters. The second kappa shape index (κ2) is 7.53. The zero-order valence-corrected chi connectivity index (χ0v) is 11.2. The number of amides is 1. The quantitative estimate of drug-likeness (QED) is 0.759. The first-order valence-electron chi connectivity index (χ1n) is 6.15. The van der Waals surface area contributed by atoms with Crippen molar-refractivity contribution in [1.29, 1.82) is 0 Å². The Hall–Kier alpha value is -1.88. The molecule has 1 rings (SSSR count). The zero-order chi connectivity index (χ0) is 14.3. The van der Waals surface area contributed by atoms with Crippen LogP contribution in [0.4, 0.5) is 0 Å². The molecule has 0 bridgehead atoms. The van der Waals surface area contributed by atoms with Crippen LogP contribution in [0.2, 0.25) is 0 Å². The number of aliphatic hydroxyl groups excluding tert-OH is 1. The molecular formula is C14H19NO4. The lowest BCUT2D eigenvalue weighted by Gasteiger charge is -2.07. The van der Waals surface area contributed by atoms with Crippen LogP contribution in [0.15, 0.2) is 24.3 Å². The van der Waals surface area contributed by atoms with Crippen molar-refractivity contribution in [2.45, 2.75) is 32.4 Å². The summed E-state index contributed by atoms with van der Waals surface area (Å²) in [6, 6.07) is 6.84. The fourth-order valence-corrected chi connectivity index (χ4v) is 1.51. The van der Waals surface area contributed by atoms with Crippen LogP contribution in [0, 0.1) is 0 Å². The molecule has 0 radical (unpaired) electrons. The molecule has 0 aliphatic carbocycles. The first-order chi connectivity index (χ1) is 9.02. The summed E-state index contributed by atoms with van der Waals surface area (Å²) in [5.74, 6) is -0.481. The highest BCUT2D eigenvalue weighted by Crippen LogP contribution is 2.06. The molecular weight excluding hydrogens is 246 g/mol. The number of ether oxygens (including phenoxy) is 1. The van der Waals surface area contributed by atoms with Crippen LogP contribution >= 0.6 is 0 Å². The molecule has 1 unspecified atom stereocenters. The third-order valence-electron chi connectivity index (χ3n) is 2.65. The Morgan fingerprint density at radius 2 is 1.95 bits per heavy atom. The number of nitrogens with one attached hydrogen (secondary N) is 1. The number of methoxy groups -OCH3 is 1. The van der Waals surface area contributed by atoms with Gasteiger partial charge >= 0.3 is 5.97 Å². The molecule has 5 nitrogen and oxygen atoms in total. The van der Waals surface area contributed by atoms with E-state index in [1.807, 2.05) is 0 Å². The maximum absolute atomic E-state index is 11.4. The second-order valence-electron chi connectivity index (χ2n) is 4.35. The SMILES string of the molecule is COC(=O)c1ccc(CNC(=O)CCC(C)O)cc1. The van der Waals surface area contributed by atoms with E-state index in [9.17, 15) is 9.59 Å². The summed E-state index contributed by atoms with van der Waals surface area (Å²) < 4.78 is 4.60. The molecule has 0 fully saturated rings. The minimum atomic E-state index is -0.468. The average molecular weight is 265 g/mol. The number of rotatable bonds is 6. The van der Waals surface area contributed by atoms with Gasteiger partial charge in [0.25, 0.3) is 0 Å². The predicted octanol–water partition coefficient (Wildman–Crippen LogP) is 1.25. The number of esters is 1. The third kappa shape index (κ3) is 5.52. The summed E-state index contributed by atoms with van der Waals surface area (Å²) in [7, 11) is 1.33. The van der Waals surface area contributed by atoms with Crippen molar-refractivity contribution in [2.24, 2.45) is 0 Å². The molecule has 1 aromatic carbocycles. The highest BCUT2D eigenvalue weighted by molar-refractivity contribution is 5.89. The standard InChI is InChI=1S/C14H19NO4/c1-10(16)3-8-13(17)15-9-11-4-6-12(7-5-11)14(18)19-2/h4-7,10,16H,3,8-9H2,1-2H3,(H,15,17). The highest BCUT2D eigenvalue weighted by atomic mass is 16.5. The van der Waals surface area contributed by atoms with Crippen LogP contribution in [0.25, 0.3) is 0 Å². The predicted molar refractivity (Wildman–Crippen MR) is 70.5 cm³/mol. The minimum absolute atomic E-state index is 0.0991. The van der Waals surface area contributed by atoms with Crippen LogP contribution in [-0.4, -0.2) is 30.2 Å². The fraction of sp³-hybridized carbons (Fsp3) is 0.429. The Labute approximate surface area is 112 Å². The smallest absolute Gasteiger partial charge is 0.337 e. The first kappa shape index (κ1) is 15.2. The van der Waals surface area contributed by atoms with Crippen molar-refractivity contribution >= 4 is 11.9 Å². The van der Waals surface area contributed by atoms with E-state index in [1.54, 1.807) is 31.2 Å². The molecule has 104 valence electrons. The van der Waals surface area contributed by atoms with E-state index in [4.69, 9.17) is 5.11 Å². The molecule has 0 aliphatic heterocycles. The Kier molecular flexibility index (Phi) is 6.02. The molecule has 19 heavy (non-hydrogen) atoms. The van der Waals surface area contributed by atoms with E-state index in [2.05, 4.69) is 10.1 Å². The van der Waals surface area contributed by atoms with Gasteiger partial charge in [0.15, 0.2) is 0 Å². The van der Waals surface area contributed by atoms with E-state index >= 15 is 0 Å². The Morgan fingerprint density at radius 3 is 2.47 bits per heavy atom. The van der Waals surface area contributed by atoms with E-state index in [0.717, 1.165) is 5.56 Å². The van der Waals surface area contributed by atoms with E-state index in [1.165, 1.54) is 7.11 Å². The van der Waals surface area contributed by atoms with Gasteiger partial charge in [-0.1, -0.05) is 12.1 Å². The van der Waals surface area contributed by atoms with Crippen LogP contribution in [0.5, 0.6) is 0 Å². The Bertz CT molecular complexity index is 426. The fourth-order valence-electron chi connectivity index (χ4n) is 1.51. The summed E-state index contributed by atoms with van der Waals surface area (Å²) >= 11 is 0. The molecule has 5 heteroatoms. The largest absolute Gasteiger partial charge is 0.465 e. The summed E-state index contributed by atoms with van der Waals surface area (Å²) in [4.78, 5) is 22.7. The van der Waals surface area contributed by atoms with Gasteiger partial charge in [-0.15, -0.1) is 0 Å². The van der Waals surface area contributed by atoms with Gasteiger partial charge in [0, 0.05) is 13.0 Å². The van der Waals surface area contributed by atoms with Crippen molar-refractivity contribution in [1.82, 2.24) is 5.32 Å². The van der Waals surface area contributed by atoms with Gasteiger partial charge in [0.05, 0.1) is 18.8 Å². The Balaban J connectivity index is 2.41. The molecule has 0 saturated carbocycles. The van der Waals surface area contributed by atoms with Gasteiger partial charge in [-0.05, 0) is 31.0 Å². The zero-order valence-electron chi connectivity index (χ0n) is 11.2. The van der Waals surface area contributed by atoms with Gasteiger partial charge in [-0.25, -0.2) is 4.79 Å². The minimum Gasteiger partial charge on any atom is -0.465 e. The van der Waals surface area contributed by atoms with Gasteiger partial charge in [0.1, 0.15) is 0 Å². The van der Waals surface area contributed by atoms with Crippen molar-refractivity contribution in [3.8, 4) is 0 Å². The van der Waals surface area contributed by atoms with Crippen LogP contribution in [-0.2, 0) is 16.1 Å². The molecule has 0 spiro atoms. The lowest BCUT2D eigenvalue weighted by molar-refractivity contribution is -0.121. The number of benzene rings is 1. The van der Waals surface area contributed by atoms with Crippen molar-refractivity contribution in [2.75, 3.05) is 7.11 Å². The molecule has 0 aliphatic rings. The third-order valence-corrected chi connectivity index (χ3v) is 2.65. The summed E-state index contributed by atoms with van der Waals surface area (Å²) in [5.41, 5.74) is 1.38. The summed E-state index contributed by atoms with van der Waals surface area (Å²) in [6.45, 7) is 2.05. The van der Waals surface area contributed by atoms with Crippen molar-refractivity contribution in [3.63, 3.8) is 0 Å². The van der Waals surface area contributed by atoms with Crippen molar-refractivity contribution in [3.05, 3.63) is 35.4 Å². The van der Waals surface area contributed by atoms with Crippen LogP contribution in [0.3, 0.4) is 0 Å². The average Bonchev–Trinajstić information content (AvgIpc) is 2.42. The molecule has 0 saturated heterocycles. The van der Waals surface area contributed by atoms with Gasteiger partial charge in [0.2, 0.25) is 5.91 Å². The summed E-state index contributed by atoms with van der Waals surface area (Å²) in [5, 5.41) is 11.8. The second-order valence-corrected chi connectivity index (χ2v) is 4.35. The molecule has 0 aromatic heterocycles. The summed E-state index contributed by atoms with van der Waals surface area (Å²) in [6.07, 6.45) is 0.287. The lowest BCUT2D eigenvalue weighted by Crippen LogP contribution is -2.23. The maximum atomic E-state index is 11.4. The lowest BCUT2D eigenvalue weighted by atomic mass is 10.1. The van der Waals surface area contributed by atoms with Gasteiger partial charge in [-0.3, -0.25) is 4.79 Å². The van der Waals surface area contributed by atoms with Gasteiger partial charge in [-0.2, -0.15) is 0 Å². The van der Waals surface area contributed by atoms with E-state index in [0.29, 0.717) is 24.9 Å². The molecule has 1 aromatic rings. The number of carbonyl (C=O) groups is 2.